The molecule has 0 heteroatoms. The maximum Gasteiger partial charge on any atom is -0.0154 e. The molecule has 41 heavy (non-hydrogen) atoms. The first-order valence-corrected chi connectivity index (χ1v) is 18.7. The molecule has 8 unspecified atom stereocenters. The van der Waals surface area contributed by atoms with Gasteiger partial charge in [0.1, 0.15) is 0 Å². The molecule has 0 spiro atoms. The van der Waals surface area contributed by atoms with Crippen molar-refractivity contribution in [1.82, 2.24) is 0 Å². The molecule has 0 N–H and O–H groups in total. The van der Waals surface area contributed by atoms with E-state index in [0.29, 0.717) is 10.8 Å². The molecule has 0 aromatic carbocycles. The normalized spacial score (nSPS) is 29.5. The summed E-state index contributed by atoms with van der Waals surface area (Å²) < 4.78 is 0. The van der Waals surface area contributed by atoms with Crippen LogP contribution in [0.25, 0.3) is 0 Å². The van der Waals surface area contributed by atoms with Crippen molar-refractivity contribution in [3.05, 3.63) is 24.3 Å². The minimum Gasteiger partial charge on any atom is -0.0880 e. The van der Waals surface area contributed by atoms with Crippen LogP contribution in [0.15, 0.2) is 24.3 Å². The zero-order valence-corrected chi connectivity index (χ0v) is 29.9. The van der Waals surface area contributed by atoms with Crippen molar-refractivity contribution in [3.8, 4) is 0 Å². The Morgan fingerprint density at radius 1 is 0.707 bits per heavy atom. The Morgan fingerprint density at radius 3 is 2.02 bits per heavy atom. The molecule has 2 rings (SSSR count). The van der Waals surface area contributed by atoms with Gasteiger partial charge in [-0.3, -0.25) is 0 Å². The first-order valence-electron chi connectivity index (χ1n) is 18.7. The summed E-state index contributed by atoms with van der Waals surface area (Å²) in [5.74, 6) is 6.72. The summed E-state index contributed by atoms with van der Waals surface area (Å²) in [4.78, 5) is 0. The largest absolute Gasteiger partial charge is 0.0880 e. The second-order valence-corrected chi connectivity index (χ2v) is 17.0. The van der Waals surface area contributed by atoms with Crippen LogP contribution in [0.1, 0.15) is 178 Å². The monoisotopic (exact) mass is 569 g/mol. The first-order chi connectivity index (χ1) is 19.4. The Bertz CT molecular complexity index is 737. The summed E-state index contributed by atoms with van der Waals surface area (Å²) >= 11 is 0. The Balaban J connectivity index is 1.54. The van der Waals surface area contributed by atoms with Gasteiger partial charge in [-0.05, 0) is 103 Å². The average molecular weight is 569 g/mol. The Hall–Kier alpha value is -0.520. The smallest absolute Gasteiger partial charge is 0.0154 e. The molecule has 2 saturated carbocycles. The molecule has 0 amide bonds. The Kier molecular flexibility index (Phi) is 16.4. The summed E-state index contributed by atoms with van der Waals surface area (Å²) in [6, 6.07) is 0. The van der Waals surface area contributed by atoms with Crippen LogP contribution in [0.3, 0.4) is 0 Å². The summed E-state index contributed by atoms with van der Waals surface area (Å²) in [7, 11) is 0. The van der Waals surface area contributed by atoms with Gasteiger partial charge in [0.15, 0.2) is 0 Å². The standard InChI is InChI=1S/C41H76/c1-11-37-25-17-31-41(9,10)39(37)29-27-35(5)23-15-21-33(3)19-13-12-18-32(2)20-14-22-34(4)26-28-38-36(6)24-16-30-40(38,7)8/h14,20,27,29,32-39H,11-13,15-19,21-26,28,30-31H2,1-10H3/b20-14+,29-27+. The number of hydrogen-bond donors (Lipinski definition) is 0. The van der Waals surface area contributed by atoms with Crippen LogP contribution in [0.2, 0.25) is 0 Å². The molecule has 0 aromatic rings. The average Bonchev–Trinajstić information content (AvgIpc) is 2.89. The van der Waals surface area contributed by atoms with Crippen molar-refractivity contribution >= 4 is 0 Å². The topological polar surface area (TPSA) is 0 Å². The van der Waals surface area contributed by atoms with Crippen molar-refractivity contribution in [3.63, 3.8) is 0 Å². The highest BCUT2D eigenvalue weighted by Gasteiger charge is 2.37. The van der Waals surface area contributed by atoms with Crippen molar-refractivity contribution in [2.75, 3.05) is 0 Å². The second-order valence-electron chi connectivity index (χ2n) is 17.0. The van der Waals surface area contributed by atoms with E-state index in [2.05, 4.69) is 93.5 Å². The summed E-state index contributed by atoms with van der Waals surface area (Å²) in [6.45, 7) is 24.8. The zero-order valence-electron chi connectivity index (χ0n) is 29.9. The molecule has 0 aliphatic heterocycles. The molecule has 240 valence electrons. The highest BCUT2D eigenvalue weighted by atomic mass is 14.4. The van der Waals surface area contributed by atoms with E-state index in [1.807, 2.05) is 0 Å². The Labute approximate surface area is 260 Å². The molecular formula is C41H76. The number of rotatable bonds is 18. The molecule has 0 nitrogen and oxygen atoms in total. The summed E-state index contributed by atoms with van der Waals surface area (Å²) in [5, 5.41) is 0. The van der Waals surface area contributed by atoms with Gasteiger partial charge < -0.3 is 0 Å². The van der Waals surface area contributed by atoms with Gasteiger partial charge in [0.05, 0.1) is 0 Å². The third-order valence-corrected chi connectivity index (χ3v) is 12.1. The molecular weight excluding hydrogens is 492 g/mol. The van der Waals surface area contributed by atoms with Crippen LogP contribution in [-0.2, 0) is 0 Å². The highest BCUT2D eigenvalue weighted by molar-refractivity contribution is 5.02. The Morgan fingerprint density at radius 2 is 1.32 bits per heavy atom. The van der Waals surface area contributed by atoms with E-state index in [1.165, 1.54) is 109 Å². The van der Waals surface area contributed by atoms with E-state index in [9.17, 15) is 0 Å². The van der Waals surface area contributed by atoms with Gasteiger partial charge in [0, 0.05) is 0 Å². The minimum absolute atomic E-state index is 0.486. The molecule has 0 heterocycles. The van der Waals surface area contributed by atoms with Gasteiger partial charge >= 0.3 is 0 Å². The maximum absolute atomic E-state index is 2.64. The fourth-order valence-electron chi connectivity index (χ4n) is 8.91. The van der Waals surface area contributed by atoms with Gasteiger partial charge in [-0.1, -0.05) is 158 Å². The van der Waals surface area contributed by atoms with E-state index >= 15 is 0 Å². The number of hydrogen-bond acceptors (Lipinski definition) is 0. The maximum atomic E-state index is 2.64. The van der Waals surface area contributed by atoms with Gasteiger partial charge in [-0.25, -0.2) is 0 Å². The molecule has 2 aliphatic carbocycles. The first kappa shape index (κ1) is 36.7. The van der Waals surface area contributed by atoms with Crippen molar-refractivity contribution in [2.45, 2.75) is 178 Å². The van der Waals surface area contributed by atoms with Crippen LogP contribution in [0, 0.1) is 58.2 Å². The molecule has 0 aromatic heterocycles. The van der Waals surface area contributed by atoms with Crippen molar-refractivity contribution in [2.24, 2.45) is 58.2 Å². The quantitative estimate of drug-likeness (QED) is 0.114. The summed E-state index contributed by atoms with van der Waals surface area (Å²) in [6.07, 6.45) is 34.1. The lowest BCUT2D eigenvalue weighted by atomic mass is 9.62. The molecule has 8 atom stereocenters. The van der Waals surface area contributed by atoms with Crippen LogP contribution >= 0.6 is 0 Å². The lowest BCUT2D eigenvalue weighted by Gasteiger charge is -2.43. The van der Waals surface area contributed by atoms with Crippen molar-refractivity contribution in [1.29, 1.82) is 0 Å². The fraction of sp³-hybridized carbons (Fsp3) is 0.902. The third kappa shape index (κ3) is 13.3. The van der Waals surface area contributed by atoms with Gasteiger partial charge in [-0.2, -0.15) is 0 Å². The molecule has 2 fully saturated rings. The highest BCUT2D eigenvalue weighted by Crippen LogP contribution is 2.47. The molecule has 0 radical (unpaired) electrons. The molecule has 0 saturated heterocycles. The third-order valence-electron chi connectivity index (χ3n) is 12.1. The minimum atomic E-state index is 0.486. The van der Waals surface area contributed by atoms with E-state index < -0.39 is 0 Å². The van der Waals surface area contributed by atoms with Crippen LogP contribution in [-0.4, -0.2) is 0 Å². The predicted molar refractivity (Wildman–Crippen MR) is 186 cm³/mol. The van der Waals surface area contributed by atoms with E-state index in [0.717, 1.165) is 47.3 Å². The number of unbranched alkanes of at least 4 members (excludes halogenated alkanes) is 1. The van der Waals surface area contributed by atoms with Crippen molar-refractivity contribution < 1.29 is 0 Å². The fourth-order valence-corrected chi connectivity index (χ4v) is 8.91. The van der Waals surface area contributed by atoms with E-state index in [4.69, 9.17) is 0 Å². The summed E-state index contributed by atoms with van der Waals surface area (Å²) in [5.41, 5.74) is 1.04. The van der Waals surface area contributed by atoms with E-state index in [1.54, 1.807) is 0 Å². The lowest BCUT2D eigenvalue weighted by Crippen LogP contribution is -2.33. The second kappa shape index (κ2) is 18.3. The van der Waals surface area contributed by atoms with Gasteiger partial charge in [0.25, 0.3) is 0 Å². The van der Waals surface area contributed by atoms with E-state index in [-0.39, 0.29) is 0 Å². The van der Waals surface area contributed by atoms with Gasteiger partial charge in [0.2, 0.25) is 0 Å². The van der Waals surface area contributed by atoms with Crippen LogP contribution in [0.5, 0.6) is 0 Å². The SMILES string of the molecule is CCC1CCCC(C)(C)C1/C=C/C(C)CCCC(C)CCCCC(C)/C=C/CC(C)CCC1C(C)CCCC1(C)C. The number of allylic oxidation sites excluding steroid dienone is 4. The molecule has 0 bridgehead atoms. The predicted octanol–water partition coefficient (Wildman–Crippen LogP) is 13.9. The van der Waals surface area contributed by atoms with Crippen LogP contribution in [0.4, 0.5) is 0 Å². The van der Waals surface area contributed by atoms with Gasteiger partial charge in [-0.15, -0.1) is 0 Å². The zero-order chi connectivity index (χ0) is 30.5. The molecule has 2 aliphatic rings. The van der Waals surface area contributed by atoms with Crippen LogP contribution < -0.4 is 0 Å². The lowest BCUT2D eigenvalue weighted by molar-refractivity contribution is 0.0712.